The molecule has 204 valence electrons. The summed E-state index contributed by atoms with van der Waals surface area (Å²) < 4.78 is 28.1. The minimum absolute atomic E-state index is 0.00725. The number of anilines is 1. The molecule has 1 amide bonds. The molecule has 1 fully saturated rings. The molecule has 0 bridgehead atoms. The van der Waals surface area contributed by atoms with E-state index in [-0.39, 0.29) is 18.7 Å². The van der Waals surface area contributed by atoms with Crippen molar-refractivity contribution >= 4 is 22.5 Å². The Kier molecular flexibility index (Phi) is 8.15. The first-order valence-corrected chi connectivity index (χ1v) is 13.4. The molecule has 0 aliphatic heterocycles. The molecule has 5 rings (SSSR count). The molecule has 2 aromatic heterocycles. The number of rotatable bonds is 8. The number of pyridine rings is 2. The lowest BCUT2D eigenvalue weighted by atomic mass is 9.89. The zero-order chi connectivity index (χ0) is 28.1. The van der Waals surface area contributed by atoms with E-state index in [4.69, 9.17) is 0 Å². The second kappa shape index (κ2) is 12.1. The molecule has 0 spiro atoms. The molecule has 1 saturated carbocycles. The Morgan fingerprint density at radius 3 is 2.62 bits per heavy atom. The van der Waals surface area contributed by atoms with Gasteiger partial charge in [-0.05, 0) is 66.3 Å². The van der Waals surface area contributed by atoms with Crippen LogP contribution in [-0.2, 0) is 13.1 Å². The van der Waals surface area contributed by atoms with Crippen molar-refractivity contribution in [1.29, 1.82) is 5.26 Å². The summed E-state index contributed by atoms with van der Waals surface area (Å²) >= 11 is 0. The van der Waals surface area contributed by atoms with Crippen LogP contribution in [0, 0.1) is 28.9 Å². The number of amides is 1. The maximum atomic E-state index is 13.6. The molecule has 1 aliphatic rings. The van der Waals surface area contributed by atoms with Gasteiger partial charge in [-0.1, -0.05) is 31.4 Å². The average molecular weight is 542 g/mol. The molecule has 2 heterocycles. The number of fused-ring (bicyclic) bond motifs is 1. The number of hydrogen-bond donors (Lipinski definition) is 2. The van der Waals surface area contributed by atoms with E-state index in [9.17, 15) is 23.6 Å². The van der Waals surface area contributed by atoms with E-state index >= 15 is 0 Å². The second-order valence-corrected chi connectivity index (χ2v) is 10.2. The van der Waals surface area contributed by atoms with Crippen LogP contribution in [0.5, 0.6) is 0 Å². The summed E-state index contributed by atoms with van der Waals surface area (Å²) in [6.07, 6.45) is 9.16. The summed E-state index contributed by atoms with van der Waals surface area (Å²) in [4.78, 5) is 30.3. The summed E-state index contributed by atoms with van der Waals surface area (Å²) in [6.45, 7) is 0.942. The number of carbonyl (C=O) groups is 1. The quantitative estimate of drug-likeness (QED) is 0.306. The van der Waals surface area contributed by atoms with Gasteiger partial charge in [0.15, 0.2) is 11.6 Å². The first kappa shape index (κ1) is 27.0. The summed E-state index contributed by atoms with van der Waals surface area (Å²) in [7, 11) is 0. The van der Waals surface area contributed by atoms with Crippen molar-refractivity contribution < 1.29 is 13.6 Å². The molecule has 9 heteroatoms. The molecule has 0 atom stereocenters. The SMILES string of the molecule is N#Cc1cnc2ccc(CNC(=O)c3cccn(Cc4ccc(F)c(F)c4)c3=O)cc2c1NCC1CCCCC1. The third kappa shape index (κ3) is 6.01. The molecule has 0 saturated heterocycles. The van der Waals surface area contributed by atoms with E-state index in [1.54, 1.807) is 12.3 Å². The maximum absolute atomic E-state index is 13.6. The predicted octanol–water partition coefficient (Wildman–Crippen LogP) is 5.52. The van der Waals surface area contributed by atoms with E-state index in [0.29, 0.717) is 17.0 Å². The highest BCUT2D eigenvalue weighted by Gasteiger charge is 2.17. The molecule has 7 nitrogen and oxygen atoms in total. The van der Waals surface area contributed by atoms with Crippen molar-refractivity contribution in [3.8, 4) is 6.07 Å². The number of nitrogens with zero attached hydrogens (tertiary/aromatic N) is 3. The summed E-state index contributed by atoms with van der Waals surface area (Å²) in [5, 5.41) is 16.8. The van der Waals surface area contributed by atoms with Gasteiger partial charge in [-0.2, -0.15) is 5.26 Å². The average Bonchev–Trinajstić information content (AvgIpc) is 2.98. The Morgan fingerprint density at radius 1 is 1.05 bits per heavy atom. The molecule has 4 aromatic rings. The van der Waals surface area contributed by atoms with Gasteiger partial charge in [0.25, 0.3) is 11.5 Å². The molecule has 40 heavy (non-hydrogen) atoms. The van der Waals surface area contributed by atoms with Crippen molar-refractivity contribution in [1.82, 2.24) is 14.9 Å². The van der Waals surface area contributed by atoms with Crippen LogP contribution in [0.4, 0.5) is 14.5 Å². The number of halogens is 2. The Labute approximate surface area is 230 Å². The van der Waals surface area contributed by atoms with Crippen molar-refractivity contribution in [3.05, 3.63) is 105 Å². The van der Waals surface area contributed by atoms with Crippen LogP contribution >= 0.6 is 0 Å². The van der Waals surface area contributed by atoms with Crippen LogP contribution in [0.1, 0.15) is 59.2 Å². The zero-order valence-electron chi connectivity index (χ0n) is 21.9. The first-order valence-electron chi connectivity index (χ1n) is 13.4. The van der Waals surface area contributed by atoms with Crippen molar-refractivity contribution in [3.63, 3.8) is 0 Å². The lowest BCUT2D eigenvalue weighted by molar-refractivity contribution is 0.0949. The van der Waals surface area contributed by atoms with Crippen molar-refractivity contribution in [2.24, 2.45) is 5.92 Å². The van der Waals surface area contributed by atoms with E-state index < -0.39 is 23.1 Å². The number of benzene rings is 2. The summed E-state index contributed by atoms with van der Waals surface area (Å²) in [6, 6.07) is 14.2. The highest BCUT2D eigenvalue weighted by atomic mass is 19.2. The van der Waals surface area contributed by atoms with Crippen LogP contribution in [0.15, 0.2) is 65.7 Å². The highest BCUT2D eigenvalue weighted by molar-refractivity contribution is 5.95. The molecule has 0 radical (unpaired) electrons. The van der Waals surface area contributed by atoms with Crippen molar-refractivity contribution in [2.75, 3.05) is 11.9 Å². The lowest BCUT2D eigenvalue weighted by Crippen LogP contribution is -2.32. The van der Waals surface area contributed by atoms with Gasteiger partial charge in [0.05, 0.1) is 23.3 Å². The van der Waals surface area contributed by atoms with Crippen molar-refractivity contribution in [2.45, 2.75) is 45.2 Å². The van der Waals surface area contributed by atoms with Gasteiger partial charge in [-0.3, -0.25) is 14.6 Å². The van der Waals surface area contributed by atoms with E-state index in [2.05, 4.69) is 21.7 Å². The first-order chi connectivity index (χ1) is 19.4. The molecule has 2 aromatic carbocycles. The van der Waals surface area contributed by atoms with Crippen LogP contribution < -0.4 is 16.2 Å². The van der Waals surface area contributed by atoms with Crippen LogP contribution in [-0.4, -0.2) is 22.0 Å². The second-order valence-electron chi connectivity index (χ2n) is 10.2. The largest absolute Gasteiger partial charge is 0.383 e. The Morgan fingerprint density at radius 2 is 1.85 bits per heavy atom. The van der Waals surface area contributed by atoms with Gasteiger partial charge in [-0.15, -0.1) is 0 Å². The Balaban J connectivity index is 1.32. The smallest absolute Gasteiger partial charge is 0.263 e. The minimum atomic E-state index is -1.00. The van der Waals surface area contributed by atoms with Crippen LogP contribution in [0.2, 0.25) is 0 Å². The molecule has 2 N–H and O–H groups in total. The topological polar surface area (TPSA) is 99.8 Å². The number of hydrogen-bond acceptors (Lipinski definition) is 5. The van der Waals surface area contributed by atoms with Gasteiger partial charge in [0.2, 0.25) is 0 Å². The molecular formula is C31H29F2N5O2. The summed E-state index contributed by atoms with van der Waals surface area (Å²) in [5.41, 5.74) is 2.53. The van der Waals surface area contributed by atoms with Gasteiger partial charge in [-0.25, -0.2) is 8.78 Å². The third-order valence-corrected chi connectivity index (χ3v) is 7.40. The Hall–Kier alpha value is -4.58. The zero-order valence-corrected chi connectivity index (χ0v) is 21.9. The van der Waals surface area contributed by atoms with Gasteiger partial charge in [0, 0.05) is 30.9 Å². The summed E-state index contributed by atoms with van der Waals surface area (Å²) in [5.74, 6) is -1.95. The normalized spacial score (nSPS) is 13.6. The van der Waals surface area contributed by atoms with Gasteiger partial charge < -0.3 is 15.2 Å². The molecule has 0 unspecified atom stereocenters. The van der Waals surface area contributed by atoms with Crippen LogP contribution in [0.25, 0.3) is 10.9 Å². The number of aromatic nitrogens is 2. The fourth-order valence-electron chi connectivity index (χ4n) is 5.21. The number of nitrogens with one attached hydrogen (secondary N) is 2. The lowest BCUT2D eigenvalue weighted by Gasteiger charge is -2.23. The van der Waals surface area contributed by atoms with E-state index in [1.165, 1.54) is 55.0 Å². The minimum Gasteiger partial charge on any atom is -0.383 e. The monoisotopic (exact) mass is 541 g/mol. The Bertz CT molecular complexity index is 1650. The molecule has 1 aliphatic carbocycles. The fourth-order valence-corrected chi connectivity index (χ4v) is 5.21. The highest BCUT2D eigenvalue weighted by Crippen LogP contribution is 2.29. The van der Waals surface area contributed by atoms with Gasteiger partial charge in [0.1, 0.15) is 11.6 Å². The van der Waals surface area contributed by atoms with Gasteiger partial charge >= 0.3 is 0 Å². The number of nitriles is 1. The standard InChI is InChI=1S/C31H29F2N5O2/c32-26-10-8-22(14-27(26)33)19-38-12-4-7-24(31(38)40)30(39)37-17-21-9-11-28-25(13-21)29(23(15-34)18-35-28)36-16-20-5-2-1-3-6-20/h4,7-14,18,20H,1-3,5-6,16-17,19H2,(H,35,36)(H,37,39). The van der Waals surface area contributed by atoms with Crippen LogP contribution in [0.3, 0.4) is 0 Å². The third-order valence-electron chi connectivity index (χ3n) is 7.40. The van der Waals surface area contributed by atoms with E-state index in [0.717, 1.165) is 40.8 Å². The molecular weight excluding hydrogens is 512 g/mol. The predicted molar refractivity (Wildman–Crippen MR) is 149 cm³/mol. The fraction of sp³-hybridized carbons (Fsp3) is 0.290. The number of carbonyl (C=O) groups excluding carboxylic acids is 1. The maximum Gasteiger partial charge on any atom is 0.263 e. The van der Waals surface area contributed by atoms with E-state index in [1.807, 2.05) is 18.2 Å².